The molecule has 0 aromatic carbocycles. The van der Waals surface area contributed by atoms with Crippen molar-refractivity contribution in [1.82, 2.24) is 0 Å². The van der Waals surface area contributed by atoms with Gasteiger partial charge in [-0.25, -0.2) is 0 Å². The lowest BCUT2D eigenvalue weighted by molar-refractivity contribution is -0.0940. The van der Waals surface area contributed by atoms with Crippen molar-refractivity contribution in [2.45, 2.75) is 20.0 Å². The molecule has 0 aromatic heterocycles. The second-order valence-corrected chi connectivity index (χ2v) is 1.71. The molecule has 1 nitrogen and oxygen atoms in total. The van der Waals surface area contributed by atoms with Gasteiger partial charge in [-0.2, -0.15) is 13.2 Å². The fourth-order valence-corrected chi connectivity index (χ4v) is 0.205. The van der Waals surface area contributed by atoms with Gasteiger partial charge in [0.2, 0.25) is 0 Å². The van der Waals surface area contributed by atoms with Gasteiger partial charge in [0, 0.05) is 0 Å². The first-order chi connectivity index (χ1) is 3.85. The van der Waals surface area contributed by atoms with E-state index in [1.54, 1.807) is 0 Å². The summed E-state index contributed by atoms with van der Waals surface area (Å²) in [5.41, 5.74) is -0.942. The van der Waals surface area contributed by atoms with Gasteiger partial charge < -0.3 is 5.11 Å². The smallest absolute Gasteiger partial charge is 0.415 e. The predicted molar refractivity (Wildman–Crippen MR) is 27.1 cm³/mol. The molecule has 1 N–H and O–H groups in total. The van der Waals surface area contributed by atoms with E-state index in [0.717, 1.165) is 13.8 Å². The average Bonchev–Trinajstić information content (AvgIpc) is 1.62. The Hall–Kier alpha value is -0.670. The molecular weight excluding hydrogens is 133 g/mol. The Labute approximate surface area is 50.8 Å². The lowest BCUT2D eigenvalue weighted by Gasteiger charge is -2.05. The van der Waals surface area contributed by atoms with Crippen LogP contribution >= 0.6 is 0 Å². The van der Waals surface area contributed by atoms with Crippen LogP contribution in [0, 0.1) is 0 Å². The molecule has 0 rings (SSSR count). The van der Waals surface area contributed by atoms with Crippen molar-refractivity contribution >= 4 is 0 Å². The number of aliphatic hydroxyl groups excluding tert-OH is 1. The highest BCUT2D eigenvalue weighted by Gasteiger charge is 2.31. The molecule has 0 radical (unpaired) electrons. The maximum atomic E-state index is 11.5. The summed E-state index contributed by atoms with van der Waals surface area (Å²) >= 11 is 0. The fourth-order valence-electron chi connectivity index (χ4n) is 0.205. The van der Waals surface area contributed by atoms with Crippen LogP contribution in [0.2, 0.25) is 0 Å². The maximum absolute atomic E-state index is 11.5. The molecule has 0 saturated heterocycles. The molecule has 0 aliphatic rings. The Bertz CT molecular complexity index is 130. The van der Waals surface area contributed by atoms with E-state index in [1.165, 1.54) is 0 Å². The maximum Gasteiger partial charge on any atom is 0.415 e. The van der Waals surface area contributed by atoms with Gasteiger partial charge in [0.15, 0.2) is 0 Å². The van der Waals surface area contributed by atoms with Crippen LogP contribution < -0.4 is 0 Å². The molecular formula is C5H7F3O. The molecule has 9 heavy (non-hydrogen) atoms. The Morgan fingerprint density at radius 2 is 1.56 bits per heavy atom. The molecule has 0 aliphatic carbocycles. The molecule has 0 saturated carbocycles. The minimum absolute atomic E-state index is 0.678. The van der Waals surface area contributed by atoms with Crippen molar-refractivity contribution in [2.75, 3.05) is 0 Å². The van der Waals surface area contributed by atoms with Crippen molar-refractivity contribution in [1.29, 1.82) is 0 Å². The van der Waals surface area contributed by atoms with Crippen LogP contribution in [0.15, 0.2) is 11.3 Å². The number of hydrogen-bond donors (Lipinski definition) is 1. The Balaban J connectivity index is 4.40. The molecule has 4 heteroatoms. The van der Waals surface area contributed by atoms with Crippen LogP contribution in [0.4, 0.5) is 13.2 Å². The van der Waals surface area contributed by atoms with Crippen molar-refractivity contribution in [3.05, 3.63) is 11.3 Å². The summed E-state index contributed by atoms with van der Waals surface area (Å²) in [7, 11) is 0. The first-order valence-corrected chi connectivity index (χ1v) is 2.29. The van der Waals surface area contributed by atoms with Crippen LogP contribution in [0.25, 0.3) is 0 Å². The highest BCUT2D eigenvalue weighted by atomic mass is 19.4. The van der Waals surface area contributed by atoms with Gasteiger partial charge in [0.25, 0.3) is 0 Å². The van der Waals surface area contributed by atoms with E-state index in [-0.39, 0.29) is 0 Å². The van der Waals surface area contributed by atoms with Gasteiger partial charge in [0.05, 0.1) is 11.3 Å². The summed E-state index contributed by atoms with van der Waals surface area (Å²) in [6.07, 6.45) is -4.39. The molecule has 0 aromatic rings. The van der Waals surface area contributed by atoms with Gasteiger partial charge >= 0.3 is 6.18 Å². The summed E-state index contributed by atoms with van der Waals surface area (Å²) in [5.74, 6) is -0.678. The Kier molecular flexibility index (Phi) is 2.12. The van der Waals surface area contributed by atoms with Crippen LogP contribution in [0.3, 0.4) is 0 Å². The number of allylic oxidation sites excluding steroid dienone is 2. The van der Waals surface area contributed by atoms with E-state index in [9.17, 15) is 13.2 Å². The number of aliphatic hydroxyl groups is 1. The first kappa shape index (κ1) is 8.33. The highest BCUT2D eigenvalue weighted by molar-refractivity contribution is 5.07. The zero-order valence-electron chi connectivity index (χ0n) is 5.08. The largest absolute Gasteiger partial charge is 0.512 e. The van der Waals surface area contributed by atoms with Gasteiger partial charge in [-0.3, -0.25) is 0 Å². The Morgan fingerprint density at radius 1 is 1.22 bits per heavy atom. The molecule has 0 aliphatic heterocycles. The zero-order chi connectivity index (χ0) is 7.65. The van der Waals surface area contributed by atoms with Gasteiger partial charge in [0.1, 0.15) is 0 Å². The third-order valence-electron chi connectivity index (χ3n) is 0.968. The quantitative estimate of drug-likeness (QED) is 0.512. The lowest BCUT2D eigenvalue weighted by Crippen LogP contribution is -2.10. The van der Waals surface area contributed by atoms with E-state index in [4.69, 9.17) is 5.11 Å². The third kappa shape index (κ3) is 2.39. The highest BCUT2D eigenvalue weighted by Crippen LogP contribution is 2.26. The number of halogens is 3. The topological polar surface area (TPSA) is 20.2 Å². The SMILES string of the molecule is C/C(O)=C(/C)C(F)(F)F. The van der Waals surface area contributed by atoms with Crippen LogP contribution in [-0.4, -0.2) is 11.3 Å². The molecule has 0 heterocycles. The van der Waals surface area contributed by atoms with E-state index in [1.807, 2.05) is 0 Å². The molecule has 0 fully saturated rings. The summed E-state index contributed by atoms with van der Waals surface area (Å²) in [6.45, 7) is 1.83. The van der Waals surface area contributed by atoms with E-state index in [0.29, 0.717) is 0 Å². The van der Waals surface area contributed by atoms with Crippen LogP contribution in [0.5, 0.6) is 0 Å². The molecule has 0 spiro atoms. The standard InChI is InChI=1S/C5H7F3O/c1-3(4(2)9)5(6,7)8/h9H,1-2H3/b4-3+. The van der Waals surface area contributed by atoms with Crippen molar-refractivity contribution in [3.63, 3.8) is 0 Å². The van der Waals surface area contributed by atoms with Crippen LogP contribution in [-0.2, 0) is 0 Å². The fraction of sp³-hybridized carbons (Fsp3) is 0.600. The van der Waals surface area contributed by atoms with Crippen molar-refractivity contribution in [3.8, 4) is 0 Å². The average molecular weight is 140 g/mol. The van der Waals surface area contributed by atoms with Gasteiger partial charge in [-0.15, -0.1) is 0 Å². The third-order valence-corrected chi connectivity index (χ3v) is 0.968. The zero-order valence-corrected chi connectivity index (χ0v) is 5.08. The second-order valence-electron chi connectivity index (χ2n) is 1.71. The first-order valence-electron chi connectivity index (χ1n) is 2.29. The second kappa shape index (κ2) is 2.29. The number of rotatable bonds is 0. The molecule has 0 bridgehead atoms. The van der Waals surface area contributed by atoms with Crippen molar-refractivity contribution in [2.24, 2.45) is 0 Å². The summed E-state index contributed by atoms with van der Waals surface area (Å²) in [6, 6.07) is 0. The molecule has 0 amide bonds. The summed E-state index contributed by atoms with van der Waals surface area (Å²) < 4.78 is 34.4. The van der Waals surface area contributed by atoms with E-state index < -0.39 is 17.5 Å². The normalized spacial score (nSPS) is 15.2. The summed E-state index contributed by atoms with van der Waals surface area (Å²) in [5, 5.41) is 8.32. The Morgan fingerprint density at radius 3 is 1.56 bits per heavy atom. The molecule has 0 atom stereocenters. The molecule has 0 unspecified atom stereocenters. The number of alkyl halides is 3. The number of hydrogen-bond acceptors (Lipinski definition) is 1. The summed E-state index contributed by atoms with van der Waals surface area (Å²) in [4.78, 5) is 0. The van der Waals surface area contributed by atoms with Crippen LogP contribution in [0.1, 0.15) is 13.8 Å². The minimum Gasteiger partial charge on any atom is -0.512 e. The van der Waals surface area contributed by atoms with Gasteiger partial charge in [-0.05, 0) is 13.8 Å². The van der Waals surface area contributed by atoms with E-state index in [2.05, 4.69) is 0 Å². The van der Waals surface area contributed by atoms with Gasteiger partial charge in [-0.1, -0.05) is 0 Å². The minimum atomic E-state index is -4.39. The molecule has 54 valence electrons. The van der Waals surface area contributed by atoms with Crippen molar-refractivity contribution < 1.29 is 18.3 Å². The monoisotopic (exact) mass is 140 g/mol. The predicted octanol–water partition coefficient (Wildman–Crippen LogP) is 2.40. The lowest BCUT2D eigenvalue weighted by atomic mass is 10.2. The van der Waals surface area contributed by atoms with E-state index >= 15 is 0 Å².